The van der Waals surface area contributed by atoms with Gasteiger partial charge in [0.15, 0.2) is 0 Å². The summed E-state index contributed by atoms with van der Waals surface area (Å²) in [6.45, 7) is -0.706. The Kier molecular flexibility index (Phi) is 8.11. The zero-order valence-corrected chi connectivity index (χ0v) is 18.8. The normalized spacial score (nSPS) is 12.1. The van der Waals surface area contributed by atoms with Crippen LogP contribution in [0.25, 0.3) is 0 Å². The molecule has 3 aromatic rings. The van der Waals surface area contributed by atoms with Crippen molar-refractivity contribution in [2.75, 3.05) is 7.11 Å². The maximum atomic E-state index is 15.0. The van der Waals surface area contributed by atoms with Gasteiger partial charge in [0.1, 0.15) is 11.9 Å². The van der Waals surface area contributed by atoms with Crippen molar-refractivity contribution in [2.45, 2.75) is 31.9 Å². The number of halogens is 4. The SMILES string of the molecule is COc1ccc(C(F)CCc2ccc(C(=O)O)cc2)cc1C(=O)N(Cc1ccccc1)C(F)(F)F. The number of hydrogen-bond donors (Lipinski definition) is 1. The molecule has 0 heterocycles. The number of amides is 1. The van der Waals surface area contributed by atoms with Crippen LogP contribution in [0.2, 0.25) is 0 Å². The maximum Gasteiger partial charge on any atom is 0.487 e. The highest BCUT2D eigenvalue weighted by Crippen LogP contribution is 2.32. The van der Waals surface area contributed by atoms with E-state index in [0.29, 0.717) is 5.56 Å². The van der Waals surface area contributed by atoms with Gasteiger partial charge >= 0.3 is 12.3 Å². The van der Waals surface area contributed by atoms with E-state index in [4.69, 9.17) is 9.84 Å². The lowest BCUT2D eigenvalue weighted by molar-refractivity contribution is -0.228. The van der Waals surface area contributed by atoms with Gasteiger partial charge in [0, 0.05) is 0 Å². The number of carboxylic acid groups (broad SMARTS) is 1. The zero-order valence-electron chi connectivity index (χ0n) is 18.8. The number of alkyl halides is 4. The van der Waals surface area contributed by atoms with Gasteiger partial charge in [-0.2, -0.15) is 0 Å². The van der Waals surface area contributed by atoms with Gasteiger partial charge in [-0.15, -0.1) is 13.2 Å². The summed E-state index contributed by atoms with van der Waals surface area (Å²) in [4.78, 5) is 23.7. The molecule has 9 heteroatoms. The molecule has 0 aliphatic rings. The third-order valence-electron chi connectivity index (χ3n) is 5.44. The summed E-state index contributed by atoms with van der Waals surface area (Å²) in [6.07, 6.45) is -6.29. The van der Waals surface area contributed by atoms with Crippen LogP contribution in [0.15, 0.2) is 72.8 Å². The van der Waals surface area contributed by atoms with Gasteiger partial charge in [-0.3, -0.25) is 4.79 Å². The lowest BCUT2D eigenvalue weighted by Crippen LogP contribution is -2.42. The molecule has 0 aliphatic carbocycles. The standard InChI is InChI=1S/C26H23F4NO4/c1-35-23-14-12-20(22(27)13-9-17-7-10-19(11-8-17)25(33)34)15-21(23)24(32)31(26(28,29)30)16-18-5-3-2-4-6-18/h2-8,10-12,14-15,22H,9,13,16H2,1H3,(H,33,34). The predicted octanol–water partition coefficient (Wildman–Crippen LogP) is 6.20. The van der Waals surface area contributed by atoms with Gasteiger partial charge < -0.3 is 9.84 Å². The van der Waals surface area contributed by atoms with E-state index in [1.54, 1.807) is 30.3 Å². The molecular formula is C26H23F4NO4. The molecular weight excluding hydrogens is 466 g/mol. The number of carbonyl (C=O) groups is 2. The van der Waals surface area contributed by atoms with Crippen LogP contribution < -0.4 is 4.74 Å². The van der Waals surface area contributed by atoms with Crippen molar-refractivity contribution < 1.29 is 37.0 Å². The molecule has 3 rings (SSSR count). The van der Waals surface area contributed by atoms with E-state index in [1.807, 2.05) is 0 Å². The number of hydrogen-bond acceptors (Lipinski definition) is 3. The summed E-state index contributed by atoms with van der Waals surface area (Å²) < 4.78 is 61.4. The van der Waals surface area contributed by atoms with Crippen molar-refractivity contribution in [1.82, 2.24) is 4.90 Å². The number of ether oxygens (including phenoxy) is 1. The zero-order chi connectivity index (χ0) is 25.6. The minimum atomic E-state index is -4.97. The molecule has 3 aromatic carbocycles. The van der Waals surface area contributed by atoms with Crippen molar-refractivity contribution in [3.63, 3.8) is 0 Å². The van der Waals surface area contributed by atoms with Gasteiger partial charge in [0.2, 0.25) is 0 Å². The van der Waals surface area contributed by atoms with E-state index in [9.17, 15) is 22.8 Å². The van der Waals surface area contributed by atoms with Gasteiger partial charge in [-0.05, 0) is 53.8 Å². The highest BCUT2D eigenvalue weighted by Gasteiger charge is 2.42. The molecule has 1 amide bonds. The molecule has 0 spiro atoms. The first-order chi connectivity index (χ1) is 16.6. The van der Waals surface area contributed by atoms with Gasteiger partial charge in [0.05, 0.1) is 24.8 Å². The Labute approximate surface area is 199 Å². The second kappa shape index (κ2) is 11.0. The van der Waals surface area contributed by atoms with Crippen LogP contribution in [-0.4, -0.2) is 35.3 Å². The Hall–Kier alpha value is -3.88. The Bertz CT molecular complexity index is 1160. The lowest BCUT2D eigenvalue weighted by Gasteiger charge is -2.26. The maximum absolute atomic E-state index is 15.0. The Balaban J connectivity index is 1.82. The first kappa shape index (κ1) is 25.7. The van der Waals surface area contributed by atoms with Crippen LogP contribution in [-0.2, 0) is 13.0 Å². The molecule has 0 saturated heterocycles. The topological polar surface area (TPSA) is 66.8 Å². The minimum Gasteiger partial charge on any atom is -0.496 e. The van der Waals surface area contributed by atoms with Crippen molar-refractivity contribution >= 4 is 11.9 Å². The molecule has 0 fully saturated rings. The second-order valence-corrected chi connectivity index (χ2v) is 7.81. The fourth-order valence-corrected chi connectivity index (χ4v) is 3.55. The van der Waals surface area contributed by atoms with Crippen LogP contribution in [0, 0.1) is 0 Å². The smallest absolute Gasteiger partial charge is 0.487 e. The van der Waals surface area contributed by atoms with E-state index in [-0.39, 0.29) is 40.2 Å². The largest absolute Gasteiger partial charge is 0.496 e. The van der Waals surface area contributed by atoms with Crippen LogP contribution in [0.1, 0.15) is 50.0 Å². The van der Waals surface area contributed by atoms with Crippen LogP contribution in [0.3, 0.4) is 0 Å². The number of aryl methyl sites for hydroxylation is 1. The van der Waals surface area contributed by atoms with E-state index < -0.39 is 36.5 Å². The number of carbonyl (C=O) groups excluding carboxylic acids is 1. The van der Waals surface area contributed by atoms with Crippen molar-refractivity contribution in [3.05, 3.63) is 101 Å². The molecule has 0 radical (unpaired) electrons. The molecule has 0 aliphatic heterocycles. The monoisotopic (exact) mass is 489 g/mol. The lowest BCUT2D eigenvalue weighted by atomic mass is 9.99. The summed E-state index contributed by atoms with van der Waals surface area (Å²) in [7, 11) is 1.22. The summed E-state index contributed by atoms with van der Waals surface area (Å²) in [6, 6.07) is 17.4. The highest BCUT2D eigenvalue weighted by molar-refractivity contribution is 5.97. The molecule has 1 N–H and O–H groups in total. The van der Waals surface area contributed by atoms with Crippen molar-refractivity contribution in [1.29, 1.82) is 0 Å². The number of nitrogens with zero attached hydrogens (tertiary/aromatic N) is 1. The Morgan fingerprint density at radius 2 is 1.63 bits per heavy atom. The predicted molar refractivity (Wildman–Crippen MR) is 121 cm³/mol. The summed E-state index contributed by atoms with van der Waals surface area (Å²) in [5.41, 5.74) is 0.734. The molecule has 184 valence electrons. The van der Waals surface area contributed by atoms with Gasteiger partial charge in [0.25, 0.3) is 5.91 Å². The molecule has 0 aromatic heterocycles. The third kappa shape index (κ3) is 6.59. The first-order valence-corrected chi connectivity index (χ1v) is 10.7. The van der Waals surface area contributed by atoms with Crippen molar-refractivity contribution in [3.8, 4) is 5.75 Å². The van der Waals surface area contributed by atoms with Crippen LogP contribution in [0.4, 0.5) is 17.6 Å². The molecule has 1 atom stereocenters. The van der Waals surface area contributed by atoms with Gasteiger partial charge in [-0.25, -0.2) is 14.1 Å². The fourth-order valence-electron chi connectivity index (χ4n) is 3.55. The third-order valence-corrected chi connectivity index (χ3v) is 5.44. The number of rotatable bonds is 9. The first-order valence-electron chi connectivity index (χ1n) is 10.7. The summed E-state index contributed by atoms with van der Waals surface area (Å²) in [5, 5.41) is 8.96. The molecule has 0 bridgehead atoms. The number of aromatic carboxylic acids is 1. The van der Waals surface area contributed by atoms with E-state index in [2.05, 4.69) is 0 Å². The molecule has 5 nitrogen and oxygen atoms in total. The number of benzene rings is 3. The van der Waals surface area contributed by atoms with Crippen LogP contribution >= 0.6 is 0 Å². The Morgan fingerprint density at radius 1 is 0.971 bits per heavy atom. The van der Waals surface area contributed by atoms with Gasteiger partial charge in [-0.1, -0.05) is 48.5 Å². The number of methoxy groups -OCH3 is 1. The highest BCUT2D eigenvalue weighted by atomic mass is 19.4. The number of carboxylic acids is 1. The van der Waals surface area contributed by atoms with Crippen molar-refractivity contribution in [2.24, 2.45) is 0 Å². The summed E-state index contributed by atoms with van der Waals surface area (Å²) >= 11 is 0. The second-order valence-electron chi connectivity index (χ2n) is 7.81. The van der Waals surface area contributed by atoms with E-state index in [0.717, 1.165) is 6.07 Å². The fraction of sp³-hybridized carbons (Fsp3) is 0.231. The molecule has 0 saturated carbocycles. The van der Waals surface area contributed by atoms with E-state index >= 15 is 4.39 Å². The van der Waals surface area contributed by atoms with Crippen LogP contribution in [0.5, 0.6) is 5.75 Å². The summed E-state index contributed by atoms with van der Waals surface area (Å²) in [5.74, 6) is -2.52. The quantitative estimate of drug-likeness (QED) is 0.287. The average Bonchev–Trinajstić information content (AvgIpc) is 2.85. The molecule has 35 heavy (non-hydrogen) atoms. The minimum absolute atomic E-state index is 0.0145. The van der Waals surface area contributed by atoms with E-state index in [1.165, 1.54) is 43.5 Å². The average molecular weight is 489 g/mol. The molecule has 1 unspecified atom stereocenters. The Morgan fingerprint density at radius 3 is 2.20 bits per heavy atom.